The van der Waals surface area contributed by atoms with E-state index in [1.807, 2.05) is 41.8 Å². The molecule has 0 radical (unpaired) electrons. The number of ether oxygens (including phenoxy) is 1. The number of imidazole rings is 1. The molecule has 0 bridgehead atoms. The summed E-state index contributed by atoms with van der Waals surface area (Å²) in [4.78, 5) is 16.1. The van der Waals surface area contributed by atoms with Crippen molar-refractivity contribution in [1.29, 1.82) is 0 Å². The van der Waals surface area contributed by atoms with Crippen LogP contribution in [0.25, 0.3) is 22.5 Å². The first-order valence-electron chi connectivity index (χ1n) is 8.99. The van der Waals surface area contributed by atoms with Gasteiger partial charge in [0.1, 0.15) is 0 Å². The van der Waals surface area contributed by atoms with Crippen molar-refractivity contribution in [2.24, 2.45) is 0 Å². The smallest absolute Gasteiger partial charge is 0.219 e. The molecule has 1 heterocycles. The molecule has 0 atom stereocenters. The molecule has 146 valence electrons. The van der Waals surface area contributed by atoms with Crippen LogP contribution in [-0.4, -0.2) is 34.2 Å². The van der Waals surface area contributed by atoms with Crippen molar-refractivity contribution < 1.29 is 14.6 Å². The minimum Gasteiger partial charge on any atom is -0.503 e. The number of aromatic nitrogens is 2. The Bertz CT molecular complexity index is 971. The van der Waals surface area contributed by atoms with E-state index < -0.39 is 0 Å². The van der Waals surface area contributed by atoms with E-state index in [2.05, 4.69) is 10.3 Å². The van der Waals surface area contributed by atoms with E-state index in [9.17, 15) is 9.90 Å². The highest BCUT2D eigenvalue weighted by molar-refractivity contribution is 6.35. The molecule has 2 aromatic carbocycles. The number of nitrogens with one attached hydrogen (secondary N) is 1. The van der Waals surface area contributed by atoms with Crippen molar-refractivity contribution >= 4 is 17.5 Å². The minimum atomic E-state index is -0.118. The topological polar surface area (TPSA) is 76.4 Å². The van der Waals surface area contributed by atoms with Gasteiger partial charge in [0, 0.05) is 30.6 Å². The van der Waals surface area contributed by atoms with E-state index in [-0.39, 0.29) is 16.7 Å². The second kappa shape index (κ2) is 8.80. The third-order valence-corrected chi connectivity index (χ3v) is 4.82. The summed E-state index contributed by atoms with van der Waals surface area (Å²) < 4.78 is 7.06. The van der Waals surface area contributed by atoms with Crippen LogP contribution in [0.5, 0.6) is 11.5 Å². The van der Waals surface area contributed by atoms with Crippen LogP contribution in [0.1, 0.15) is 13.3 Å². The lowest BCUT2D eigenvalue weighted by molar-refractivity contribution is -0.120. The summed E-state index contributed by atoms with van der Waals surface area (Å²) in [5.41, 5.74) is 3.08. The van der Waals surface area contributed by atoms with Crippen molar-refractivity contribution in [2.45, 2.75) is 19.9 Å². The molecule has 0 aliphatic rings. The average Bonchev–Trinajstić information content (AvgIpc) is 3.14. The molecule has 0 unspecified atom stereocenters. The summed E-state index contributed by atoms with van der Waals surface area (Å²) in [7, 11) is 1.47. The van der Waals surface area contributed by atoms with Gasteiger partial charge in [-0.2, -0.15) is 0 Å². The highest BCUT2D eigenvalue weighted by atomic mass is 35.5. The van der Waals surface area contributed by atoms with Crippen LogP contribution >= 0.6 is 11.6 Å². The number of phenols is 1. The van der Waals surface area contributed by atoms with Crippen LogP contribution in [0.2, 0.25) is 5.02 Å². The number of amides is 1. The number of aromatic hydroxyl groups is 1. The number of nitrogens with zero attached hydrogens (tertiary/aromatic N) is 2. The van der Waals surface area contributed by atoms with Gasteiger partial charge in [0.05, 0.1) is 29.8 Å². The Kier molecular flexibility index (Phi) is 6.21. The number of phenolic OH excluding ortho intramolecular Hbond substituents is 1. The maximum Gasteiger partial charge on any atom is 0.219 e. The van der Waals surface area contributed by atoms with Crippen LogP contribution in [0.15, 0.2) is 48.8 Å². The number of hydrogen-bond donors (Lipinski definition) is 2. The molecule has 7 heteroatoms. The number of hydrogen-bond acceptors (Lipinski definition) is 4. The van der Waals surface area contributed by atoms with Gasteiger partial charge < -0.3 is 19.7 Å². The molecular formula is C21H22ClN3O3. The van der Waals surface area contributed by atoms with Crippen molar-refractivity contribution in [3.05, 3.63) is 53.8 Å². The van der Waals surface area contributed by atoms with Crippen molar-refractivity contribution in [1.82, 2.24) is 14.9 Å². The van der Waals surface area contributed by atoms with Gasteiger partial charge in [0.2, 0.25) is 5.91 Å². The second-order valence-electron chi connectivity index (χ2n) is 6.18. The van der Waals surface area contributed by atoms with E-state index in [1.54, 1.807) is 18.5 Å². The molecule has 0 saturated carbocycles. The Labute approximate surface area is 168 Å². The number of methoxy groups -OCH3 is 1. The Morgan fingerprint density at radius 2 is 2.00 bits per heavy atom. The molecule has 1 amide bonds. The molecule has 2 N–H and O–H groups in total. The number of carbonyl (C=O) groups excluding carboxylic acids is 1. The fourth-order valence-electron chi connectivity index (χ4n) is 2.98. The molecule has 0 aliphatic carbocycles. The van der Waals surface area contributed by atoms with Gasteiger partial charge in [-0.15, -0.1) is 0 Å². The van der Waals surface area contributed by atoms with Gasteiger partial charge >= 0.3 is 0 Å². The van der Waals surface area contributed by atoms with Crippen LogP contribution in [0.3, 0.4) is 0 Å². The van der Waals surface area contributed by atoms with Crippen molar-refractivity contribution in [3.63, 3.8) is 0 Å². The molecule has 28 heavy (non-hydrogen) atoms. The predicted molar refractivity (Wildman–Crippen MR) is 110 cm³/mol. The molecule has 0 aliphatic heterocycles. The van der Waals surface area contributed by atoms with Crippen LogP contribution in [-0.2, 0) is 11.3 Å². The fraction of sp³-hybridized carbons (Fsp3) is 0.238. The number of rotatable bonds is 7. The predicted octanol–water partition coefficient (Wildman–Crippen LogP) is 4.11. The molecule has 1 aromatic heterocycles. The maximum atomic E-state index is 11.5. The zero-order valence-corrected chi connectivity index (χ0v) is 16.5. The van der Waals surface area contributed by atoms with Crippen LogP contribution in [0, 0.1) is 0 Å². The van der Waals surface area contributed by atoms with Crippen molar-refractivity contribution in [3.8, 4) is 34.0 Å². The molecule has 0 spiro atoms. The lowest BCUT2D eigenvalue weighted by Gasteiger charge is -2.14. The average molecular weight is 400 g/mol. The zero-order valence-electron chi connectivity index (χ0n) is 15.8. The molecule has 3 rings (SSSR count). The maximum absolute atomic E-state index is 11.5. The highest BCUT2D eigenvalue weighted by Crippen LogP contribution is 2.43. The molecule has 0 saturated heterocycles. The zero-order chi connectivity index (χ0) is 20.1. The summed E-state index contributed by atoms with van der Waals surface area (Å²) in [5.74, 6) is 0.175. The fourth-order valence-corrected chi connectivity index (χ4v) is 3.22. The lowest BCUT2D eigenvalue weighted by Crippen LogP contribution is -2.26. The monoisotopic (exact) mass is 399 g/mol. The first kappa shape index (κ1) is 19.8. The Morgan fingerprint density at radius 3 is 2.68 bits per heavy atom. The summed E-state index contributed by atoms with van der Waals surface area (Å²) in [5, 5.41) is 13.4. The first-order chi connectivity index (χ1) is 13.6. The first-order valence-corrected chi connectivity index (χ1v) is 9.37. The number of carbonyl (C=O) groups is 1. The van der Waals surface area contributed by atoms with Crippen LogP contribution in [0.4, 0.5) is 0 Å². The number of halogens is 1. The molecule has 0 fully saturated rings. The van der Waals surface area contributed by atoms with Gasteiger partial charge in [-0.05, 0) is 12.1 Å². The lowest BCUT2D eigenvalue weighted by atomic mass is 10.0. The van der Waals surface area contributed by atoms with E-state index >= 15 is 0 Å². The number of benzene rings is 2. The Hall–Kier alpha value is -2.99. The summed E-state index contributed by atoms with van der Waals surface area (Å²) in [6, 6.07) is 13.2. The Morgan fingerprint density at radius 1 is 1.25 bits per heavy atom. The Balaban J connectivity index is 2.07. The summed E-state index contributed by atoms with van der Waals surface area (Å²) >= 11 is 6.47. The molecule has 6 nitrogen and oxygen atoms in total. The third kappa shape index (κ3) is 3.97. The largest absolute Gasteiger partial charge is 0.503 e. The van der Waals surface area contributed by atoms with Gasteiger partial charge in [0.15, 0.2) is 11.5 Å². The quantitative estimate of drug-likeness (QED) is 0.626. The van der Waals surface area contributed by atoms with Gasteiger partial charge in [-0.25, -0.2) is 4.98 Å². The summed E-state index contributed by atoms with van der Waals surface area (Å²) in [6.07, 6.45) is 2.15. The normalized spacial score (nSPS) is 10.7. The van der Waals surface area contributed by atoms with Crippen molar-refractivity contribution in [2.75, 3.05) is 13.7 Å². The second-order valence-corrected chi connectivity index (χ2v) is 6.56. The summed E-state index contributed by atoms with van der Waals surface area (Å²) in [6.45, 7) is 2.79. The standard InChI is InChI=1S/C21H22ClN3O3/c1-3-17(26)23-11-12-25-13-24-19(14-7-5-4-6-8-14)20(25)15-9-10-16(28-2)21(27)18(15)22/h4-10,13,27H,3,11-12H2,1-2H3,(H,23,26). The third-order valence-electron chi connectivity index (χ3n) is 4.44. The van der Waals surface area contributed by atoms with E-state index in [1.165, 1.54) is 7.11 Å². The van der Waals surface area contributed by atoms with Gasteiger partial charge in [-0.3, -0.25) is 4.79 Å². The highest BCUT2D eigenvalue weighted by Gasteiger charge is 2.20. The molecular weight excluding hydrogens is 378 g/mol. The SMILES string of the molecule is CCC(=O)NCCn1cnc(-c2ccccc2)c1-c1ccc(OC)c(O)c1Cl. The minimum absolute atomic E-state index is 0.00919. The van der Waals surface area contributed by atoms with Crippen LogP contribution < -0.4 is 10.1 Å². The van der Waals surface area contributed by atoms with Gasteiger partial charge in [0.25, 0.3) is 0 Å². The van der Waals surface area contributed by atoms with E-state index in [4.69, 9.17) is 16.3 Å². The molecule has 3 aromatic rings. The van der Waals surface area contributed by atoms with E-state index in [0.717, 1.165) is 17.0 Å². The van der Waals surface area contributed by atoms with E-state index in [0.29, 0.717) is 30.8 Å². The van der Waals surface area contributed by atoms with Gasteiger partial charge in [-0.1, -0.05) is 48.9 Å².